The van der Waals surface area contributed by atoms with Crippen LogP contribution >= 0.6 is 11.3 Å². The maximum absolute atomic E-state index is 10.4. The molecule has 0 aliphatic carbocycles. The van der Waals surface area contributed by atoms with Crippen LogP contribution in [0.1, 0.15) is 34.2 Å². The van der Waals surface area contributed by atoms with Gasteiger partial charge in [0, 0.05) is 4.88 Å². The summed E-state index contributed by atoms with van der Waals surface area (Å²) in [4.78, 5) is 15.8. The Labute approximate surface area is 70.3 Å². The Balaban J connectivity index is 3.01. The Bertz CT molecular complexity index is 233. The number of rotatable bonds is 3. The average molecular weight is 169 g/mol. The summed E-state index contributed by atoms with van der Waals surface area (Å²) in [5, 5.41) is 0.610. The fourth-order valence-electron chi connectivity index (χ4n) is 1.01. The fourth-order valence-corrected chi connectivity index (χ4v) is 1.91. The topological polar surface area (TPSA) is 30.0 Å². The highest BCUT2D eigenvalue weighted by Gasteiger charge is 2.05. The van der Waals surface area contributed by atoms with Crippen LogP contribution in [0.5, 0.6) is 0 Å². The smallest absolute Gasteiger partial charge is 0.178 e. The first-order valence-corrected chi connectivity index (χ1v) is 4.57. The minimum atomic E-state index is 0.610. The number of thiazole rings is 1. The zero-order valence-electron chi connectivity index (χ0n) is 6.76. The molecule has 0 amide bonds. The van der Waals surface area contributed by atoms with Crippen LogP contribution in [0.4, 0.5) is 0 Å². The number of carbonyl (C=O) groups is 1. The van der Waals surface area contributed by atoms with Crippen LogP contribution in [-0.4, -0.2) is 11.3 Å². The second kappa shape index (κ2) is 3.62. The maximum atomic E-state index is 10.4. The maximum Gasteiger partial charge on any atom is 0.178 e. The molecule has 0 atom stereocenters. The number of carbonyl (C=O) groups excluding carboxylic acids is 1. The van der Waals surface area contributed by atoms with Gasteiger partial charge in [-0.1, -0.05) is 13.8 Å². The molecule has 0 saturated carbocycles. The van der Waals surface area contributed by atoms with E-state index in [0.717, 1.165) is 24.8 Å². The summed E-state index contributed by atoms with van der Waals surface area (Å²) in [5.41, 5.74) is 1.08. The molecule has 0 aliphatic heterocycles. The number of aromatic nitrogens is 1. The van der Waals surface area contributed by atoms with E-state index in [4.69, 9.17) is 0 Å². The molecule has 0 N–H and O–H groups in total. The van der Waals surface area contributed by atoms with Crippen LogP contribution in [-0.2, 0) is 12.8 Å². The van der Waals surface area contributed by atoms with E-state index >= 15 is 0 Å². The van der Waals surface area contributed by atoms with E-state index in [1.54, 1.807) is 0 Å². The summed E-state index contributed by atoms with van der Waals surface area (Å²) >= 11 is 1.50. The normalized spacial score (nSPS) is 10.0. The van der Waals surface area contributed by atoms with Gasteiger partial charge in [0.15, 0.2) is 11.3 Å². The van der Waals surface area contributed by atoms with Crippen LogP contribution in [0.15, 0.2) is 0 Å². The standard InChI is InChI=1S/C8H11NOS/c1-3-6-7(4-2)11-8(5-10)9-6/h5H,3-4H2,1-2H3. The second-order valence-electron chi connectivity index (χ2n) is 2.25. The van der Waals surface area contributed by atoms with Crippen molar-refractivity contribution in [3.05, 3.63) is 15.6 Å². The van der Waals surface area contributed by atoms with Crippen molar-refractivity contribution in [2.75, 3.05) is 0 Å². The highest BCUT2D eigenvalue weighted by Crippen LogP contribution is 2.17. The summed E-state index contributed by atoms with van der Waals surface area (Å²) in [5.74, 6) is 0. The average Bonchev–Trinajstić information content (AvgIpc) is 2.46. The molecule has 11 heavy (non-hydrogen) atoms. The largest absolute Gasteiger partial charge is 0.295 e. The summed E-state index contributed by atoms with van der Waals surface area (Å²) in [7, 11) is 0. The van der Waals surface area contributed by atoms with Gasteiger partial charge in [-0.15, -0.1) is 11.3 Å². The van der Waals surface area contributed by atoms with E-state index in [2.05, 4.69) is 18.8 Å². The molecular formula is C8H11NOS. The fraction of sp³-hybridized carbons (Fsp3) is 0.500. The summed E-state index contributed by atoms with van der Waals surface area (Å²) in [6.07, 6.45) is 2.73. The summed E-state index contributed by atoms with van der Waals surface area (Å²) in [6.45, 7) is 4.14. The lowest BCUT2D eigenvalue weighted by Crippen LogP contribution is -1.85. The first-order chi connectivity index (χ1) is 5.31. The van der Waals surface area contributed by atoms with Crippen LogP contribution in [0.3, 0.4) is 0 Å². The zero-order valence-corrected chi connectivity index (χ0v) is 7.57. The molecule has 3 heteroatoms. The predicted molar refractivity (Wildman–Crippen MR) is 46.3 cm³/mol. The van der Waals surface area contributed by atoms with Crippen molar-refractivity contribution < 1.29 is 4.79 Å². The van der Waals surface area contributed by atoms with Crippen molar-refractivity contribution in [3.63, 3.8) is 0 Å². The molecule has 0 aromatic carbocycles. The first kappa shape index (κ1) is 8.40. The molecule has 0 saturated heterocycles. The molecule has 0 radical (unpaired) electrons. The molecule has 0 fully saturated rings. The van der Waals surface area contributed by atoms with Crippen molar-refractivity contribution in [2.45, 2.75) is 26.7 Å². The molecule has 0 aliphatic rings. The van der Waals surface area contributed by atoms with Gasteiger partial charge in [-0.25, -0.2) is 4.98 Å². The first-order valence-electron chi connectivity index (χ1n) is 3.75. The summed E-state index contributed by atoms with van der Waals surface area (Å²) < 4.78 is 0. The molecule has 1 rings (SSSR count). The van der Waals surface area contributed by atoms with Crippen molar-refractivity contribution >= 4 is 17.6 Å². The third-order valence-corrected chi connectivity index (χ3v) is 2.72. The zero-order chi connectivity index (χ0) is 8.27. The Kier molecular flexibility index (Phi) is 2.76. The van der Waals surface area contributed by atoms with Crippen LogP contribution in [0.2, 0.25) is 0 Å². The van der Waals surface area contributed by atoms with Crippen molar-refractivity contribution in [1.82, 2.24) is 4.98 Å². The number of aldehydes is 1. The number of hydrogen-bond acceptors (Lipinski definition) is 3. The second-order valence-corrected chi connectivity index (χ2v) is 3.36. The third kappa shape index (κ3) is 1.66. The SMILES string of the molecule is CCc1nc(C=O)sc1CC. The van der Waals surface area contributed by atoms with E-state index in [-0.39, 0.29) is 0 Å². The van der Waals surface area contributed by atoms with Crippen LogP contribution < -0.4 is 0 Å². The lowest BCUT2D eigenvalue weighted by atomic mass is 10.2. The quantitative estimate of drug-likeness (QED) is 0.648. The number of hydrogen-bond donors (Lipinski definition) is 0. The third-order valence-electron chi connectivity index (χ3n) is 1.55. The van der Waals surface area contributed by atoms with Crippen LogP contribution in [0, 0.1) is 0 Å². The molecule has 0 spiro atoms. The van der Waals surface area contributed by atoms with Gasteiger partial charge in [-0.3, -0.25) is 4.79 Å². The molecule has 1 aromatic heterocycles. The summed E-state index contributed by atoms with van der Waals surface area (Å²) in [6, 6.07) is 0. The van der Waals surface area contributed by atoms with Crippen molar-refractivity contribution in [2.24, 2.45) is 0 Å². The molecule has 2 nitrogen and oxygen atoms in total. The predicted octanol–water partition coefficient (Wildman–Crippen LogP) is 2.08. The Morgan fingerprint density at radius 3 is 2.55 bits per heavy atom. The lowest BCUT2D eigenvalue weighted by molar-refractivity contribution is 0.112. The van der Waals surface area contributed by atoms with Gasteiger partial charge in [0.2, 0.25) is 0 Å². The van der Waals surface area contributed by atoms with E-state index in [1.807, 2.05) is 0 Å². The van der Waals surface area contributed by atoms with E-state index < -0.39 is 0 Å². The molecule has 0 unspecified atom stereocenters. The van der Waals surface area contributed by atoms with Gasteiger partial charge >= 0.3 is 0 Å². The molecule has 1 aromatic rings. The number of aryl methyl sites for hydroxylation is 2. The van der Waals surface area contributed by atoms with Gasteiger partial charge in [-0.05, 0) is 12.8 Å². The lowest BCUT2D eigenvalue weighted by Gasteiger charge is -1.90. The van der Waals surface area contributed by atoms with Gasteiger partial charge in [0.1, 0.15) is 0 Å². The van der Waals surface area contributed by atoms with Crippen molar-refractivity contribution in [1.29, 1.82) is 0 Å². The van der Waals surface area contributed by atoms with Crippen LogP contribution in [0.25, 0.3) is 0 Å². The highest BCUT2D eigenvalue weighted by atomic mass is 32.1. The minimum absolute atomic E-state index is 0.610. The Hall–Kier alpha value is -0.700. The monoisotopic (exact) mass is 169 g/mol. The van der Waals surface area contributed by atoms with Gasteiger partial charge < -0.3 is 0 Å². The Morgan fingerprint density at radius 2 is 2.18 bits per heavy atom. The highest BCUT2D eigenvalue weighted by molar-refractivity contribution is 7.13. The molecule has 1 heterocycles. The minimum Gasteiger partial charge on any atom is -0.295 e. The van der Waals surface area contributed by atoms with E-state index in [9.17, 15) is 4.79 Å². The van der Waals surface area contributed by atoms with Gasteiger partial charge in [-0.2, -0.15) is 0 Å². The number of nitrogens with zero attached hydrogens (tertiary/aromatic N) is 1. The van der Waals surface area contributed by atoms with Crippen molar-refractivity contribution in [3.8, 4) is 0 Å². The van der Waals surface area contributed by atoms with E-state index in [1.165, 1.54) is 16.2 Å². The Morgan fingerprint density at radius 1 is 1.45 bits per heavy atom. The molecular weight excluding hydrogens is 158 g/mol. The van der Waals surface area contributed by atoms with Gasteiger partial charge in [0.25, 0.3) is 0 Å². The van der Waals surface area contributed by atoms with E-state index in [0.29, 0.717) is 5.01 Å². The molecule has 0 bridgehead atoms. The molecule has 60 valence electrons. The van der Waals surface area contributed by atoms with Gasteiger partial charge in [0.05, 0.1) is 5.69 Å².